The van der Waals surface area contributed by atoms with Crippen molar-refractivity contribution in [2.24, 2.45) is 4.99 Å². The number of hydrogen-bond donors (Lipinski definition) is 0. The minimum absolute atomic E-state index is 0.245. The highest BCUT2D eigenvalue weighted by Gasteiger charge is 2.36. The van der Waals surface area contributed by atoms with E-state index in [0.717, 1.165) is 53.4 Å². The predicted octanol–water partition coefficient (Wildman–Crippen LogP) is 3.41. The van der Waals surface area contributed by atoms with Crippen molar-refractivity contribution in [3.8, 4) is 22.9 Å². The summed E-state index contributed by atoms with van der Waals surface area (Å²) in [5.74, 6) is 2.48. The fraction of sp³-hybridized carbons (Fsp3) is 0.440. The van der Waals surface area contributed by atoms with Crippen LogP contribution in [0.3, 0.4) is 0 Å². The topological polar surface area (TPSA) is 77.7 Å². The average Bonchev–Trinajstić information content (AvgIpc) is 3.33. The number of likely N-dealkylation sites (tertiary alicyclic amines) is 1. The number of rotatable bonds is 6. The standard InChI is InChI=1S/C25H30N6O2/c1-5-31-28-25(27-29-31)17-9-7-8-16(12-17)24-19-14-23(33-6-2)22(32-4)13-18(19)20-15-30(3)11-10-21(20)26-24/h7-9,12-14,20-21H,5-6,10-11,15H2,1-4H3/t20-,21-/m1/s1. The molecule has 0 bridgehead atoms. The second kappa shape index (κ2) is 8.94. The Hall–Kier alpha value is -3.26. The maximum atomic E-state index is 5.92. The molecule has 33 heavy (non-hydrogen) atoms. The minimum Gasteiger partial charge on any atom is -0.493 e. The number of likely N-dealkylation sites (N-methyl/N-ethyl adjacent to an activating group) is 1. The van der Waals surface area contributed by atoms with E-state index in [-0.39, 0.29) is 6.04 Å². The van der Waals surface area contributed by atoms with E-state index in [4.69, 9.17) is 14.5 Å². The fourth-order valence-corrected chi connectivity index (χ4v) is 4.84. The third-order valence-corrected chi connectivity index (χ3v) is 6.49. The summed E-state index contributed by atoms with van der Waals surface area (Å²) in [6, 6.07) is 12.8. The van der Waals surface area contributed by atoms with Crippen LogP contribution in [0, 0.1) is 0 Å². The van der Waals surface area contributed by atoms with Crippen molar-refractivity contribution in [3.63, 3.8) is 0 Å². The number of methoxy groups -OCH3 is 1. The average molecular weight is 447 g/mol. The summed E-state index contributed by atoms with van der Waals surface area (Å²) < 4.78 is 11.6. The van der Waals surface area contributed by atoms with Crippen LogP contribution < -0.4 is 9.47 Å². The number of ether oxygens (including phenoxy) is 2. The number of aromatic nitrogens is 4. The molecule has 3 aromatic rings. The molecule has 2 aliphatic heterocycles. The van der Waals surface area contributed by atoms with E-state index in [2.05, 4.69) is 51.6 Å². The van der Waals surface area contributed by atoms with Crippen molar-refractivity contribution < 1.29 is 9.47 Å². The van der Waals surface area contributed by atoms with Gasteiger partial charge in [-0.1, -0.05) is 18.2 Å². The molecular weight excluding hydrogens is 416 g/mol. The molecule has 0 aliphatic carbocycles. The molecule has 5 rings (SSSR count). The van der Waals surface area contributed by atoms with Gasteiger partial charge in [0.05, 0.1) is 32.0 Å². The summed E-state index contributed by atoms with van der Waals surface area (Å²) in [6.07, 6.45) is 1.03. The highest BCUT2D eigenvalue weighted by atomic mass is 16.5. The first-order valence-electron chi connectivity index (χ1n) is 11.6. The van der Waals surface area contributed by atoms with E-state index in [1.807, 2.05) is 26.0 Å². The van der Waals surface area contributed by atoms with Gasteiger partial charge in [0.1, 0.15) is 0 Å². The van der Waals surface area contributed by atoms with Crippen LogP contribution in [0.25, 0.3) is 11.4 Å². The molecule has 8 nitrogen and oxygen atoms in total. The van der Waals surface area contributed by atoms with Gasteiger partial charge in [0.2, 0.25) is 5.82 Å². The first-order chi connectivity index (χ1) is 16.1. The van der Waals surface area contributed by atoms with Gasteiger partial charge in [-0.15, -0.1) is 10.2 Å². The zero-order valence-corrected chi connectivity index (χ0v) is 19.7. The summed E-state index contributed by atoms with van der Waals surface area (Å²) in [4.78, 5) is 9.28. The lowest BCUT2D eigenvalue weighted by Crippen LogP contribution is -2.41. The molecule has 0 unspecified atom stereocenters. The van der Waals surface area contributed by atoms with Gasteiger partial charge in [-0.25, -0.2) is 0 Å². The van der Waals surface area contributed by atoms with Gasteiger partial charge >= 0.3 is 0 Å². The Bertz CT molecular complexity index is 1190. The Labute approximate surface area is 194 Å². The van der Waals surface area contributed by atoms with Crippen LogP contribution in [-0.2, 0) is 6.54 Å². The number of piperidine rings is 1. The van der Waals surface area contributed by atoms with E-state index in [1.165, 1.54) is 5.56 Å². The molecule has 8 heteroatoms. The molecule has 0 radical (unpaired) electrons. The van der Waals surface area contributed by atoms with Crippen molar-refractivity contribution in [1.82, 2.24) is 25.1 Å². The second-order valence-electron chi connectivity index (χ2n) is 8.61. The Kier molecular flexibility index (Phi) is 5.85. The molecule has 0 saturated carbocycles. The van der Waals surface area contributed by atoms with Gasteiger partial charge in [-0.2, -0.15) is 4.80 Å². The highest BCUT2D eigenvalue weighted by molar-refractivity contribution is 6.15. The smallest absolute Gasteiger partial charge is 0.204 e. The van der Waals surface area contributed by atoms with E-state index in [0.29, 0.717) is 24.9 Å². The first-order valence-corrected chi connectivity index (χ1v) is 11.6. The van der Waals surface area contributed by atoms with Gasteiger partial charge in [0.25, 0.3) is 0 Å². The molecule has 1 aromatic heterocycles. The molecule has 2 aliphatic rings. The van der Waals surface area contributed by atoms with Crippen molar-refractivity contribution in [2.45, 2.75) is 38.8 Å². The van der Waals surface area contributed by atoms with E-state index in [9.17, 15) is 0 Å². The summed E-state index contributed by atoms with van der Waals surface area (Å²) in [7, 11) is 3.88. The monoisotopic (exact) mass is 446 g/mol. The third kappa shape index (κ3) is 3.99. The molecule has 3 heterocycles. The molecule has 2 atom stereocenters. The Morgan fingerprint density at radius 3 is 2.70 bits per heavy atom. The Morgan fingerprint density at radius 2 is 1.94 bits per heavy atom. The molecule has 1 fully saturated rings. The van der Waals surface area contributed by atoms with Gasteiger partial charge in [-0.3, -0.25) is 4.99 Å². The number of nitrogens with zero attached hydrogens (tertiary/aromatic N) is 6. The lowest BCUT2D eigenvalue weighted by atomic mass is 9.79. The molecule has 0 spiro atoms. The normalized spacial score (nSPS) is 20.1. The van der Waals surface area contributed by atoms with Crippen LogP contribution in [0.1, 0.15) is 42.9 Å². The first kappa shape index (κ1) is 21.6. The lowest BCUT2D eigenvalue weighted by molar-refractivity contribution is 0.227. The molecule has 2 aromatic carbocycles. The summed E-state index contributed by atoms with van der Waals surface area (Å²) in [6.45, 7) is 7.27. The van der Waals surface area contributed by atoms with Gasteiger partial charge in [0, 0.05) is 29.2 Å². The van der Waals surface area contributed by atoms with Crippen molar-refractivity contribution in [1.29, 1.82) is 0 Å². The Balaban J connectivity index is 1.63. The quantitative estimate of drug-likeness (QED) is 0.578. The van der Waals surface area contributed by atoms with Gasteiger partial charge in [0.15, 0.2) is 11.5 Å². The lowest BCUT2D eigenvalue weighted by Gasteiger charge is -2.39. The van der Waals surface area contributed by atoms with Crippen molar-refractivity contribution in [3.05, 3.63) is 53.1 Å². The molecule has 0 amide bonds. The second-order valence-corrected chi connectivity index (χ2v) is 8.61. The summed E-state index contributed by atoms with van der Waals surface area (Å²) >= 11 is 0. The van der Waals surface area contributed by atoms with Crippen molar-refractivity contribution >= 4 is 5.71 Å². The predicted molar refractivity (Wildman–Crippen MR) is 127 cm³/mol. The SMILES string of the molecule is CCOc1cc2c(cc1OC)[C@H]1CN(C)CC[C@H]1N=C2c1cccc(-c2nnn(CC)n2)c1. The number of aliphatic imine (C=N–C) groups is 1. The molecule has 1 saturated heterocycles. The summed E-state index contributed by atoms with van der Waals surface area (Å²) in [5.41, 5.74) is 5.35. The van der Waals surface area contributed by atoms with Crippen LogP contribution in [0.5, 0.6) is 11.5 Å². The fourth-order valence-electron chi connectivity index (χ4n) is 4.84. The highest BCUT2D eigenvalue weighted by Crippen LogP contribution is 2.42. The van der Waals surface area contributed by atoms with Crippen LogP contribution >= 0.6 is 0 Å². The zero-order valence-electron chi connectivity index (χ0n) is 19.7. The number of fused-ring (bicyclic) bond motifs is 3. The van der Waals surface area contributed by atoms with Crippen LogP contribution in [0.4, 0.5) is 0 Å². The number of hydrogen-bond acceptors (Lipinski definition) is 7. The minimum atomic E-state index is 0.245. The van der Waals surface area contributed by atoms with Crippen LogP contribution in [-0.4, -0.2) is 70.7 Å². The van der Waals surface area contributed by atoms with Crippen LogP contribution in [0.15, 0.2) is 41.4 Å². The van der Waals surface area contributed by atoms with E-state index < -0.39 is 0 Å². The van der Waals surface area contributed by atoms with E-state index in [1.54, 1.807) is 11.9 Å². The molecule has 172 valence electrons. The molecular formula is C25H30N6O2. The number of benzene rings is 2. The van der Waals surface area contributed by atoms with Crippen LogP contribution in [0.2, 0.25) is 0 Å². The van der Waals surface area contributed by atoms with Gasteiger partial charge < -0.3 is 14.4 Å². The molecule has 0 N–H and O–H groups in total. The third-order valence-electron chi connectivity index (χ3n) is 6.49. The largest absolute Gasteiger partial charge is 0.493 e. The maximum absolute atomic E-state index is 5.92. The maximum Gasteiger partial charge on any atom is 0.204 e. The zero-order chi connectivity index (χ0) is 22.9. The van der Waals surface area contributed by atoms with Crippen molar-refractivity contribution in [2.75, 3.05) is 33.9 Å². The number of aryl methyl sites for hydroxylation is 1. The summed E-state index contributed by atoms with van der Waals surface area (Å²) in [5, 5.41) is 12.8. The Morgan fingerprint density at radius 1 is 1.09 bits per heavy atom. The van der Waals surface area contributed by atoms with E-state index >= 15 is 0 Å². The number of tetrazole rings is 1. The van der Waals surface area contributed by atoms with Gasteiger partial charge in [-0.05, 0) is 62.8 Å².